The number of pyridine rings is 1. The first-order chi connectivity index (χ1) is 8.99. The molecule has 2 N–H and O–H groups in total. The number of nitrogen functional groups attached to an aromatic ring is 1. The summed E-state index contributed by atoms with van der Waals surface area (Å²) in [6.45, 7) is 5.34. The van der Waals surface area contributed by atoms with Gasteiger partial charge in [0.05, 0.1) is 29.7 Å². The standard InChI is InChI=1S/C13H18N2O4/c1-4-11(13(17)18-5-2)19-12(16)10-6-9(14)7-15-8(10)3/h6-7,11H,4-5,14H2,1-3H3. The monoisotopic (exact) mass is 266 g/mol. The number of hydrogen-bond donors (Lipinski definition) is 1. The fourth-order valence-electron chi connectivity index (χ4n) is 1.48. The van der Waals surface area contributed by atoms with Crippen LogP contribution in [0.3, 0.4) is 0 Å². The number of esters is 2. The Kier molecular flexibility index (Phi) is 5.29. The lowest BCUT2D eigenvalue weighted by Crippen LogP contribution is -2.29. The van der Waals surface area contributed by atoms with E-state index in [1.165, 1.54) is 12.3 Å². The highest BCUT2D eigenvalue weighted by molar-refractivity contribution is 5.93. The van der Waals surface area contributed by atoms with Gasteiger partial charge in [-0.2, -0.15) is 0 Å². The van der Waals surface area contributed by atoms with Crippen LogP contribution < -0.4 is 5.73 Å². The van der Waals surface area contributed by atoms with E-state index in [0.717, 1.165) is 0 Å². The van der Waals surface area contributed by atoms with Crippen molar-refractivity contribution in [3.8, 4) is 0 Å². The quantitative estimate of drug-likeness (QED) is 0.811. The van der Waals surface area contributed by atoms with Crippen molar-refractivity contribution in [2.24, 2.45) is 0 Å². The Hall–Kier alpha value is -2.11. The molecule has 1 aromatic rings. The molecule has 0 aromatic carbocycles. The average Bonchev–Trinajstić information content (AvgIpc) is 2.38. The van der Waals surface area contributed by atoms with Gasteiger partial charge in [-0.1, -0.05) is 6.92 Å². The maximum Gasteiger partial charge on any atom is 0.347 e. The topological polar surface area (TPSA) is 91.5 Å². The lowest BCUT2D eigenvalue weighted by molar-refractivity contribution is -0.153. The summed E-state index contributed by atoms with van der Waals surface area (Å²) in [5.74, 6) is -1.18. The van der Waals surface area contributed by atoms with E-state index in [4.69, 9.17) is 15.2 Å². The molecule has 0 saturated carbocycles. The molecule has 0 bridgehead atoms. The molecule has 6 heteroatoms. The largest absolute Gasteiger partial charge is 0.463 e. The molecule has 104 valence electrons. The molecule has 0 fully saturated rings. The zero-order chi connectivity index (χ0) is 14.4. The van der Waals surface area contributed by atoms with Gasteiger partial charge in [0.25, 0.3) is 0 Å². The number of carbonyl (C=O) groups excluding carboxylic acids is 2. The number of anilines is 1. The predicted octanol–water partition coefficient (Wildman–Crippen LogP) is 1.47. The van der Waals surface area contributed by atoms with Crippen molar-refractivity contribution < 1.29 is 19.1 Å². The van der Waals surface area contributed by atoms with Crippen LogP contribution in [0.15, 0.2) is 12.3 Å². The number of aromatic nitrogens is 1. The van der Waals surface area contributed by atoms with Gasteiger partial charge in [-0.05, 0) is 26.3 Å². The van der Waals surface area contributed by atoms with Crippen LogP contribution in [0.2, 0.25) is 0 Å². The number of ether oxygens (including phenoxy) is 2. The van der Waals surface area contributed by atoms with Crippen LogP contribution in [-0.4, -0.2) is 29.6 Å². The van der Waals surface area contributed by atoms with E-state index in [1.807, 2.05) is 0 Å². The Balaban J connectivity index is 2.82. The van der Waals surface area contributed by atoms with Gasteiger partial charge in [-0.3, -0.25) is 4.98 Å². The second-order valence-electron chi connectivity index (χ2n) is 3.96. The fourth-order valence-corrected chi connectivity index (χ4v) is 1.48. The van der Waals surface area contributed by atoms with Crippen LogP contribution in [-0.2, 0) is 14.3 Å². The molecule has 19 heavy (non-hydrogen) atoms. The summed E-state index contributed by atoms with van der Waals surface area (Å²) in [6, 6.07) is 1.47. The summed E-state index contributed by atoms with van der Waals surface area (Å²) in [6.07, 6.45) is 0.891. The van der Waals surface area contributed by atoms with E-state index in [2.05, 4.69) is 4.98 Å². The highest BCUT2D eigenvalue weighted by Gasteiger charge is 2.24. The van der Waals surface area contributed by atoms with Crippen LogP contribution in [0.5, 0.6) is 0 Å². The van der Waals surface area contributed by atoms with Crippen LogP contribution in [0.1, 0.15) is 36.3 Å². The average molecular weight is 266 g/mol. The maximum absolute atomic E-state index is 12.0. The van der Waals surface area contributed by atoms with E-state index in [-0.39, 0.29) is 12.2 Å². The zero-order valence-corrected chi connectivity index (χ0v) is 11.3. The maximum atomic E-state index is 12.0. The minimum atomic E-state index is -0.909. The first-order valence-corrected chi connectivity index (χ1v) is 6.09. The lowest BCUT2D eigenvalue weighted by atomic mass is 10.2. The van der Waals surface area contributed by atoms with E-state index in [1.54, 1.807) is 20.8 Å². The third kappa shape index (κ3) is 3.94. The molecule has 1 heterocycles. The SMILES string of the molecule is CCOC(=O)C(CC)OC(=O)c1cc(N)cnc1C. The van der Waals surface area contributed by atoms with E-state index in [0.29, 0.717) is 17.8 Å². The van der Waals surface area contributed by atoms with Gasteiger partial charge in [-0.25, -0.2) is 9.59 Å². The summed E-state index contributed by atoms with van der Waals surface area (Å²) >= 11 is 0. The normalized spacial score (nSPS) is 11.7. The lowest BCUT2D eigenvalue weighted by Gasteiger charge is -2.15. The van der Waals surface area contributed by atoms with Gasteiger partial charge >= 0.3 is 11.9 Å². The Morgan fingerprint density at radius 3 is 2.68 bits per heavy atom. The summed E-state index contributed by atoms with van der Waals surface area (Å²) in [5, 5.41) is 0. The third-order valence-corrected chi connectivity index (χ3v) is 2.50. The smallest absolute Gasteiger partial charge is 0.347 e. The molecule has 0 amide bonds. The summed E-state index contributed by atoms with van der Waals surface area (Å²) in [5.41, 5.74) is 6.69. The van der Waals surface area contributed by atoms with Crippen molar-refractivity contribution in [3.05, 3.63) is 23.5 Å². The van der Waals surface area contributed by atoms with Crippen molar-refractivity contribution in [3.63, 3.8) is 0 Å². The van der Waals surface area contributed by atoms with Gasteiger partial charge in [0.2, 0.25) is 0 Å². The van der Waals surface area contributed by atoms with E-state index < -0.39 is 18.0 Å². The molecule has 0 aliphatic carbocycles. The van der Waals surface area contributed by atoms with Crippen LogP contribution in [0, 0.1) is 6.92 Å². The molecule has 0 saturated heterocycles. The molecule has 0 radical (unpaired) electrons. The molecule has 0 aliphatic rings. The summed E-state index contributed by atoms with van der Waals surface area (Å²) < 4.78 is 9.96. The number of aryl methyl sites for hydroxylation is 1. The molecule has 1 atom stereocenters. The second-order valence-corrected chi connectivity index (χ2v) is 3.96. The second kappa shape index (κ2) is 6.72. The number of hydrogen-bond acceptors (Lipinski definition) is 6. The number of carbonyl (C=O) groups is 2. The Morgan fingerprint density at radius 2 is 2.11 bits per heavy atom. The highest BCUT2D eigenvalue weighted by Crippen LogP contribution is 2.13. The Morgan fingerprint density at radius 1 is 1.42 bits per heavy atom. The Labute approximate surface area is 111 Å². The van der Waals surface area contributed by atoms with Crippen molar-refractivity contribution in [2.75, 3.05) is 12.3 Å². The number of rotatable bonds is 5. The minimum absolute atomic E-state index is 0.242. The van der Waals surface area contributed by atoms with Gasteiger partial charge in [0.15, 0.2) is 6.10 Å². The predicted molar refractivity (Wildman–Crippen MR) is 69.5 cm³/mol. The summed E-state index contributed by atoms with van der Waals surface area (Å²) in [4.78, 5) is 27.5. The van der Waals surface area contributed by atoms with Gasteiger partial charge in [0, 0.05) is 0 Å². The molecule has 1 rings (SSSR count). The van der Waals surface area contributed by atoms with Crippen molar-refractivity contribution in [2.45, 2.75) is 33.3 Å². The number of nitrogens with zero attached hydrogens (tertiary/aromatic N) is 1. The van der Waals surface area contributed by atoms with Gasteiger partial charge in [0.1, 0.15) is 0 Å². The molecular weight excluding hydrogens is 248 g/mol. The van der Waals surface area contributed by atoms with Crippen LogP contribution >= 0.6 is 0 Å². The molecule has 0 aliphatic heterocycles. The van der Waals surface area contributed by atoms with E-state index >= 15 is 0 Å². The minimum Gasteiger partial charge on any atom is -0.463 e. The first-order valence-electron chi connectivity index (χ1n) is 6.09. The molecule has 1 unspecified atom stereocenters. The summed E-state index contributed by atoms with van der Waals surface area (Å²) in [7, 11) is 0. The van der Waals surface area contributed by atoms with E-state index in [9.17, 15) is 9.59 Å². The third-order valence-electron chi connectivity index (χ3n) is 2.50. The molecule has 0 spiro atoms. The van der Waals surface area contributed by atoms with Crippen LogP contribution in [0.25, 0.3) is 0 Å². The van der Waals surface area contributed by atoms with Crippen molar-refractivity contribution in [1.29, 1.82) is 0 Å². The fraction of sp³-hybridized carbons (Fsp3) is 0.462. The zero-order valence-electron chi connectivity index (χ0n) is 11.3. The van der Waals surface area contributed by atoms with Crippen molar-refractivity contribution in [1.82, 2.24) is 4.98 Å². The van der Waals surface area contributed by atoms with Crippen LogP contribution in [0.4, 0.5) is 5.69 Å². The highest BCUT2D eigenvalue weighted by atomic mass is 16.6. The molecule has 6 nitrogen and oxygen atoms in total. The molecule has 1 aromatic heterocycles. The number of nitrogens with two attached hydrogens (primary N) is 1. The van der Waals surface area contributed by atoms with Gasteiger partial charge < -0.3 is 15.2 Å². The first kappa shape index (κ1) is 14.9. The Bertz CT molecular complexity index is 474. The van der Waals surface area contributed by atoms with Gasteiger partial charge in [-0.15, -0.1) is 0 Å². The van der Waals surface area contributed by atoms with Crippen molar-refractivity contribution >= 4 is 17.6 Å². The molecular formula is C13H18N2O4.